The van der Waals surface area contributed by atoms with Gasteiger partial charge in [-0.2, -0.15) is 0 Å². The molecule has 0 unspecified atom stereocenters. The number of anilines is 2. The summed E-state index contributed by atoms with van der Waals surface area (Å²) >= 11 is 0. The van der Waals surface area contributed by atoms with E-state index in [4.69, 9.17) is 0 Å². The molecule has 1 heterocycles. The third-order valence-corrected chi connectivity index (χ3v) is 6.58. The fourth-order valence-electron chi connectivity index (χ4n) is 3.43. The van der Waals surface area contributed by atoms with Crippen molar-refractivity contribution in [2.75, 3.05) is 16.2 Å². The molecule has 2 aromatic rings. The van der Waals surface area contributed by atoms with E-state index in [0.29, 0.717) is 12.2 Å². The summed E-state index contributed by atoms with van der Waals surface area (Å²) in [5, 5.41) is 0. The van der Waals surface area contributed by atoms with E-state index in [0.717, 1.165) is 35.2 Å². The summed E-state index contributed by atoms with van der Waals surface area (Å²) in [6.45, 7) is 8.20. The van der Waals surface area contributed by atoms with Crippen molar-refractivity contribution in [2.45, 2.75) is 45.4 Å². The Bertz CT molecular complexity index is 981. The molecule has 6 heteroatoms. The average molecular weight is 387 g/mol. The number of sulfonamides is 1. The lowest BCUT2D eigenvalue weighted by molar-refractivity contribution is -0.121. The van der Waals surface area contributed by atoms with E-state index in [1.54, 1.807) is 18.2 Å². The Balaban J connectivity index is 1.91. The average Bonchev–Trinajstić information content (AvgIpc) is 2.62. The molecule has 0 fully saturated rings. The van der Waals surface area contributed by atoms with Gasteiger partial charge in [0.1, 0.15) is 0 Å². The zero-order valence-corrected chi connectivity index (χ0v) is 17.1. The van der Waals surface area contributed by atoms with Gasteiger partial charge in [0, 0.05) is 23.8 Å². The first-order valence-electron chi connectivity index (χ1n) is 9.24. The van der Waals surface area contributed by atoms with E-state index in [1.807, 2.05) is 50.8 Å². The summed E-state index contributed by atoms with van der Waals surface area (Å²) in [6, 6.07) is 10.7. The molecule has 27 heavy (non-hydrogen) atoms. The molecule has 0 bridgehead atoms. The van der Waals surface area contributed by atoms with Gasteiger partial charge in [0.05, 0.1) is 4.90 Å². The van der Waals surface area contributed by atoms with Crippen LogP contribution in [0.25, 0.3) is 0 Å². The first-order valence-corrected chi connectivity index (χ1v) is 10.7. The molecule has 1 amide bonds. The van der Waals surface area contributed by atoms with Gasteiger partial charge in [-0.05, 0) is 67.6 Å². The van der Waals surface area contributed by atoms with Crippen LogP contribution in [-0.4, -0.2) is 20.9 Å². The summed E-state index contributed by atoms with van der Waals surface area (Å²) in [5.74, 6) is 0.0260. The Kier molecular flexibility index (Phi) is 5.29. The normalized spacial score (nSPS) is 14.2. The number of amides is 1. The minimum Gasteiger partial charge on any atom is -0.312 e. The van der Waals surface area contributed by atoms with Gasteiger partial charge in [-0.15, -0.1) is 0 Å². The maximum Gasteiger partial charge on any atom is 0.262 e. The molecule has 5 nitrogen and oxygen atoms in total. The number of fused-ring (bicyclic) bond motifs is 1. The molecular formula is C21H26N2O3S. The summed E-state index contributed by atoms with van der Waals surface area (Å²) < 4.78 is 28.3. The van der Waals surface area contributed by atoms with Gasteiger partial charge in [0.15, 0.2) is 0 Å². The predicted molar refractivity (Wildman–Crippen MR) is 109 cm³/mol. The third-order valence-electron chi connectivity index (χ3n) is 5.05. The lowest BCUT2D eigenvalue weighted by Gasteiger charge is -2.31. The highest BCUT2D eigenvalue weighted by Gasteiger charge is 2.25. The van der Waals surface area contributed by atoms with Gasteiger partial charge in [-0.3, -0.25) is 9.52 Å². The number of rotatable bonds is 4. The number of hydrogen-bond acceptors (Lipinski definition) is 3. The van der Waals surface area contributed by atoms with Crippen LogP contribution in [0.1, 0.15) is 37.0 Å². The van der Waals surface area contributed by atoms with Crippen molar-refractivity contribution in [2.24, 2.45) is 5.92 Å². The molecule has 0 atom stereocenters. The van der Waals surface area contributed by atoms with Crippen molar-refractivity contribution in [3.05, 3.63) is 53.1 Å². The van der Waals surface area contributed by atoms with Crippen LogP contribution < -0.4 is 9.62 Å². The standard InChI is InChI=1S/C21H26N2O3S/c1-14(2)21(24)23-12-6-8-17-13-18(10-11-19(17)23)22-27(25,26)20-9-5-7-15(3)16(20)4/h5,7,9-11,13-14,22H,6,8,12H2,1-4H3. The van der Waals surface area contributed by atoms with Crippen LogP contribution in [0.4, 0.5) is 11.4 Å². The van der Waals surface area contributed by atoms with Crippen LogP contribution in [0.2, 0.25) is 0 Å². The highest BCUT2D eigenvalue weighted by Crippen LogP contribution is 2.31. The second-order valence-electron chi connectivity index (χ2n) is 7.40. The van der Waals surface area contributed by atoms with E-state index in [1.165, 1.54) is 0 Å². The van der Waals surface area contributed by atoms with E-state index in [-0.39, 0.29) is 16.7 Å². The van der Waals surface area contributed by atoms with Crippen LogP contribution in [-0.2, 0) is 21.2 Å². The molecular weight excluding hydrogens is 360 g/mol. The Labute approximate surface area is 161 Å². The SMILES string of the molecule is Cc1cccc(S(=O)(=O)Nc2ccc3c(c2)CCCN3C(=O)C(C)C)c1C. The van der Waals surface area contributed by atoms with Gasteiger partial charge in [-0.1, -0.05) is 26.0 Å². The molecule has 0 saturated heterocycles. The number of nitrogens with zero attached hydrogens (tertiary/aromatic N) is 1. The van der Waals surface area contributed by atoms with Gasteiger partial charge < -0.3 is 4.90 Å². The second-order valence-corrected chi connectivity index (χ2v) is 9.05. The van der Waals surface area contributed by atoms with Crippen LogP contribution in [0, 0.1) is 19.8 Å². The van der Waals surface area contributed by atoms with Crippen molar-refractivity contribution in [3.63, 3.8) is 0 Å². The summed E-state index contributed by atoms with van der Waals surface area (Å²) in [4.78, 5) is 14.5. The monoisotopic (exact) mass is 386 g/mol. The van der Waals surface area contributed by atoms with Crippen molar-refractivity contribution >= 4 is 27.3 Å². The highest BCUT2D eigenvalue weighted by atomic mass is 32.2. The van der Waals surface area contributed by atoms with Gasteiger partial charge in [0.2, 0.25) is 5.91 Å². The number of aryl methyl sites for hydroxylation is 2. The Morgan fingerprint density at radius 1 is 1.15 bits per heavy atom. The largest absolute Gasteiger partial charge is 0.312 e. The minimum atomic E-state index is -3.67. The molecule has 0 spiro atoms. The van der Waals surface area contributed by atoms with E-state index in [2.05, 4.69) is 4.72 Å². The lowest BCUT2D eigenvalue weighted by Crippen LogP contribution is -2.38. The van der Waals surface area contributed by atoms with Crippen LogP contribution in [0.15, 0.2) is 41.3 Å². The maximum atomic E-state index is 12.8. The summed E-state index contributed by atoms with van der Waals surface area (Å²) in [5.41, 5.74) is 4.09. The fraction of sp³-hybridized carbons (Fsp3) is 0.381. The van der Waals surface area contributed by atoms with Gasteiger partial charge in [-0.25, -0.2) is 8.42 Å². The number of nitrogens with one attached hydrogen (secondary N) is 1. The highest BCUT2D eigenvalue weighted by molar-refractivity contribution is 7.92. The Morgan fingerprint density at radius 2 is 1.89 bits per heavy atom. The molecule has 0 saturated carbocycles. The topological polar surface area (TPSA) is 66.5 Å². The summed E-state index contributed by atoms with van der Waals surface area (Å²) in [7, 11) is -3.67. The van der Waals surface area contributed by atoms with Gasteiger partial charge >= 0.3 is 0 Å². The van der Waals surface area contributed by atoms with Crippen molar-refractivity contribution in [1.29, 1.82) is 0 Å². The second kappa shape index (κ2) is 7.35. The molecule has 0 radical (unpaired) electrons. The zero-order chi connectivity index (χ0) is 19.8. The van der Waals surface area contributed by atoms with Crippen molar-refractivity contribution < 1.29 is 13.2 Å². The molecule has 1 N–H and O–H groups in total. The van der Waals surface area contributed by atoms with Crippen LogP contribution in [0.5, 0.6) is 0 Å². The molecule has 0 aliphatic carbocycles. The first kappa shape index (κ1) is 19.4. The lowest BCUT2D eigenvalue weighted by atomic mass is 9.99. The maximum absolute atomic E-state index is 12.8. The van der Waals surface area contributed by atoms with Crippen molar-refractivity contribution in [1.82, 2.24) is 0 Å². The molecule has 3 rings (SSSR count). The van der Waals surface area contributed by atoms with Gasteiger partial charge in [0.25, 0.3) is 10.0 Å². The predicted octanol–water partition coefficient (Wildman–Crippen LogP) is 4.04. The molecule has 144 valence electrons. The van der Waals surface area contributed by atoms with E-state index < -0.39 is 10.0 Å². The number of carbonyl (C=O) groups is 1. The smallest absolute Gasteiger partial charge is 0.262 e. The zero-order valence-electron chi connectivity index (χ0n) is 16.2. The van der Waals surface area contributed by atoms with Crippen LogP contribution in [0.3, 0.4) is 0 Å². The van der Waals surface area contributed by atoms with Crippen molar-refractivity contribution in [3.8, 4) is 0 Å². The number of carbonyl (C=O) groups excluding carboxylic acids is 1. The molecule has 1 aliphatic heterocycles. The van der Waals surface area contributed by atoms with Crippen LogP contribution >= 0.6 is 0 Å². The first-order chi connectivity index (χ1) is 12.7. The third kappa shape index (κ3) is 3.86. The minimum absolute atomic E-state index is 0.0709. The molecule has 2 aromatic carbocycles. The van der Waals surface area contributed by atoms with E-state index in [9.17, 15) is 13.2 Å². The fourth-order valence-corrected chi connectivity index (χ4v) is 4.80. The summed E-state index contributed by atoms with van der Waals surface area (Å²) in [6.07, 6.45) is 1.70. The quantitative estimate of drug-likeness (QED) is 0.862. The molecule has 0 aromatic heterocycles. The Hall–Kier alpha value is -2.34. The Morgan fingerprint density at radius 3 is 2.59 bits per heavy atom. The van der Waals surface area contributed by atoms with E-state index >= 15 is 0 Å². The number of hydrogen-bond donors (Lipinski definition) is 1. The number of benzene rings is 2. The molecule has 1 aliphatic rings.